The lowest BCUT2D eigenvalue weighted by Gasteiger charge is -2.51. The fourth-order valence-electron chi connectivity index (χ4n) is 2.53. The molecule has 1 saturated carbocycles. The zero-order chi connectivity index (χ0) is 14.0. The normalized spacial score (nSPS) is 24.8. The summed E-state index contributed by atoms with van der Waals surface area (Å²) in [5.74, 6) is -1.000. The summed E-state index contributed by atoms with van der Waals surface area (Å²) in [7, 11) is 1.72. The highest BCUT2D eigenvalue weighted by molar-refractivity contribution is 5.88. The van der Waals surface area contributed by atoms with Gasteiger partial charge in [0, 0.05) is 31.3 Å². The van der Waals surface area contributed by atoms with Crippen molar-refractivity contribution in [1.82, 2.24) is 15.3 Å². The van der Waals surface area contributed by atoms with Crippen molar-refractivity contribution in [1.29, 1.82) is 0 Å². The Kier molecular flexibility index (Phi) is 3.82. The topological polar surface area (TPSA) is 84.3 Å². The quantitative estimate of drug-likeness (QED) is 0.828. The van der Waals surface area contributed by atoms with Gasteiger partial charge >= 0.3 is 5.97 Å². The van der Waals surface area contributed by atoms with Crippen LogP contribution in [0.2, 0.25) is 0 Å². The molecule has 0 radical (unpaired) electrons. The minimum atomic E-state index is -1.000. The molecule has 2 unspecified atom stereocenters. The van der Waals surface area contributed by atoms with Crippen LogP contribution in [0.4, 0.5) is 0 Å². The zero-order valence-corrected chi connectivity index (χ0v) is 11.4. The van der Waals surface area contributed by atoms with Gasteiger partial charge in [0.05, 0.1) is 11.8 Å². The molecule has 1 fully saturated rings. The zero-order valence-electron chi connectivity index (χ0n) is 11.4. The van der Waals surface area contributed by atoms with Crippen LogP contribution in [0.15, 0.2) is 12.5 Å². The van der Waals surface area contributed by atoms with E-state index in [0.717, 1.165) is 6.42 Å². The Labute approximate surface area is 112 Å². The van der Waals surface area contributed by atoms with Crippen molar-refractivity contribution >= 4 is 5.97 Å². The summed E-state index contributed by atoms with van der Waals surface area (Å²) in [5, 5.41) is 12.4. The van der Waals surface area contributed by atoms with Crippen LogP contribution in [0.1, 0.15) is 36.3 Å². The molecular formula is C13H19N3O3. The maximum atomic E-state index is 11.0. The molecule has 0 saturated heterocycles. The second-order valence-electron chi connectivity index (χ2n) is 5.40. The minimum absolute atomic E-state index is 0.0468. The highest BCUT2D eigenvalue weighted by atomic mass is 16.5. The van der Waals surface area contributed by atoms with Crippen LogP contribution in [-0.4, -0.2) is 40.3 Å². The van der Waals surface area contributed by atoms with Crippen molar-refractivity contribution in [2.45, 2.75) is 39.0 Å². The molecule has 0 aliphatic heterocycles. The Morgan fingerprint density at radius 3 is 2.95 bits per heavy atom. The molecule has 6 heteroatoms. The smallest absolute Gasteiger partial charge is 0.339 e. The molecule has 0 aromatic carbocycles. The SMILES string of the molecule is COC1CC(NCc2ncncc2C(=O)O)C1(C)C. The highest BCUT2D eigenvalue weighted by Gasteiger charge is 2.48. The van der Waals surface area contributed by atoms with Crippen LogP contribution in [0.25, 0.3) is 0 Å². The standard InChI is InChI=1S/C13H19N3O3/c1-13(2)10(4-11(13)19-3)15-6-9-8(12(17)18)5-14-7-16-9/h5,7,10-11,15H,4,6H2,1-3H3,(H,17,18). The van der Waals surface area contributed by atoms with Gasteiger partial charge in [-0.25, -0.2) is 14.8 Å². The number of ether oxygens (including phenoxy) is 1. The summed E-state index contributed by atoms with van der Waals surface area (Å²) in [6.07, 6.45) is 3.87. The van der Waals surface area contributed by atoms with Gasteiger partial charge in [0.2, 0.25) is 0 Å². The number of carboxylic acid groups (broad SMARTS) is 1. The number of nitrogens with one attached hydrogen (secondary N) is 1. The fraction of sp³-hybridized carbons (Fsp3) is 0.615. The summed E-state index contributed by atoms with van der Waals surface area (Å²) in [6.45, 7) is 4.70. The van der Waals surface area contributed by atoms with Crippen LogP contribution in [-0.2, 0) is 11.3 Å². The van der Waals surface area contributed by atoms with Gasteiger partial charge in [-0.15, -0.1) is 0 Å². The van der Waals surface area contributed by atoms with Crippen molar-refractivity contribution in [2.24, 2.45) is 5.41 Å². The van der Waals surface area contributed by atoms with Gasteiger partial charge in [0.1, 0.15) is 11.9 Å². The van der Waals surface area contributed by atoms with Gasteiger partial charge in [-0.2, -0.15) is 0 Å². The number of methoxy groups -OCH3 is 1. The highest BCUT2D eigenvalue weighted by Crippen LogP contribution is 2.42. The molecule has 19 heavy (non-hydrogen) atoms. The third-order valence-corrected chi connectivity index (χ3v) is 4.00. The molecule has 1 heterocycles. The van der Waals surface area contributed by atoms with Gasteiger partial charge in [-0.3, -0.25) is 0 Å². The van der Waals surface area contributed by atoms with Gasteiger partial charge in [0.25, 0.3) is 0 Å². The Morgan fingerprint density at radius 2 is 2.37 bits per heavy atom. The summed E-state index contributed by atoms with van der Waals surface area (Å²) >= 11 is 0. The molecule has 1 aromatic rings. The van der Waals surface area contributed by atoms with Crippen molar-refractivity contribution in [3.63, 3.8) is 0 Å². The number of nitrogens with zero attached hydrogens (tertiary/aromatic N) is 2. The number of hydrogen-bond acceptors (Lipinski definition) is 5. The van der Waals surface area contributed by atoms with E-state index in [2.05, 4.69) is 29.1 Å². The van der Waals surface area contributed by atoms with Crippen molar-refractivity contribution in [3.05, 3.63) is 23.8 Å². The van der Waals surface area contributed by atoms with Crippen LogP contribution >= 0.6 is 0 Å². The molecule has 1 aliphatic carbocycles. The van der Waals surface area contributed by atoms with E-state index in [4.69, 9.17) is 9.84 Å². The minimum Gasteiger partial charge on any atom is -0.478 e. The van der Waals surface area contributed by atoms with Gasteiger partial charge in [-0.1, -0.05) is 13.8 Å². The van der Waals surface area contributed by atoms with E-state index in [9.17, 15) is 4.79 Å². The van der Waals surface area contributed by atoms with Crippen LogP contribution in [0.5, 0.6) is 0 Å². The number of aromatic nitrogens is 2. The molecule has 1 aromatic heterocycles. The molecule has 6 nitrogen and oxygen atoms in total. The molecule has 2 N–H and O–H groups in total. The van der Waals surface area contributed by atoms with Gasteiger partial charge in [0.15, 0.2) is 0 Å². The van der Waals surface area contributed by atoms with Crippen molar-refractivity contribution < 1.29 is 14.6 Å². The monoisotopic (exact) mass is 265 g/mol. The maximum Gasteiger partial charge on any atom is 0.339 e. The average molecular weight is 265 g/mol. The molecule has 2 rings (SSSR count). The fourth-order valence-corrected chi connectivity index (χ4v) is 2.53. The van der Waals surface area contributed by atoms with Gasteiger partial charge in [-0.05, 0) is 6.42 Å². The molecule has 0 amide bonds. The molecular weight excluding hydrogens is 246 g/mol. The number of aromatic carboxylic acids is 1. The van der Waals surface area contributed by atoms with Crippen LogP contribution in [0.3, 0.4) is 0 Å². The summed E-state index contributed by atoms with van der Waals surface area (Å²) < 4.78 is 5.39. The first-order valence-corrected chi connectivity index (χ1v) is 6.25. The van der Waals surface area contributed by atoms with Crippen molar-refractivity contribution in [3.8, 4) is 0 Å². The van der Waals surface area contributed by atoms with Crippen molar-refractivity contribution in [2.75, 3.05) is 7.11 Å². The van der Waals surface area contributed by atoms with E-state index in [1.54, 1.807) is 7.11 Å². The maximum absolute atomic E-state index is 11.0. The van der Waals surface area contributed by atoms with E-state index in [1.807, 2.05) is 0 Å². The van der Waals surface area contributed by atoms with E-state index in [-0.39, 0.29) is 17.1 Å². The third kappa shape index (κ3) is 2.59. The lowest BCUT2D eigenvalue weighted by molar-refractivity contribution is -0.0979. The Hall–Kier alpha value is -1.53. The second-order valence-corrected chi connectivity index (χ2v) is 5.40. The number of hydrogen-bond donors (Lipinski definition) is 2. The van der Waals surface area contributed by atoms with Crippen LogP contribution in [0, 0.1) is 5.41 Å². The largest absolute Gasteiger partial charge is 0.478 e. The van der Waals surface area contributed by atoms with E-state index >= 15 is 0 Å². The lowest BCUT2D eigenvalue weighted by Crippen LogP contribution is -2.60. The number of carbonyl (C=O) groups is 1. The molecule has 104 valence electrons. The Balaban J connectivity index is 1.99. The first-order valence-electron chi connectivity index (χ1n) is 6.25. The first-order chi connectivity index (χ1) is 8.96. The molecule has 0 spiro atoms. The van der Waals surface area contributed by atoms with E-state index < -0.39 is 5.97 Å². The summed E-state index contributed by atoms with van der Waals surface area (Å²) in [6, 6.07) is 0.300. The summed E-state index contributed by atoms with van der Waals surface area (Å²) in [4.78, 5) is 18.8. The molecule has 1 aliphatic rings. The molecule has 0 bridgehead atoms. The lowest BCUT2D eigenvalue weighted by atomic mass is 9.64. The molecule has 2 atom stereocenters. The summed E-state index contributed by atoms with van der Waals surface area (Å²) in [5.41, 5.74) is 0.708. The average Bonchev–Trinajstić information content (AvgIpc) is 2.38. The van der Waals surface area contributed by atoms with Gasteiger partial charge < -0.3 is 15.2 Å². The predicted molar refractivity (Wildman–Crippen MR) is 68.8 cm³/mol. The van der Waals surface area contributed by atoms with E-state index in [0.29, 0.717) is 18.3 Å². The third-order valence-electron chi connectivity index (χ3n) is 4.00. The number of carboxylic acids is 1. The first kappa shape index (κ1) is 13.9. The van der Waals surface area contributed by atoms with E-state index in [1.165, 1.54) is 12.5 Å². The van der Waals surface area contributed by atoms with Crippen LogP contribution < -0.4 is 5.32 Å². The Bertz CT molecular complexity index is 476. The second kappa shape index (κ2) is 5.22. The Morgan fingerprint density at radius 1 is 1.63 bits per heavy atom. The predicted octanol–water partition coefficient (Wildman–Crippen LogP) is 1.08. The number of rotatable bonds is 5.